The molecule has 2 heterocycles. The van der Waals surface area contributed by atoms with E-state index in [1.807, 2.05) is 12.1 Å². The molecule has 0 aromatic heterocycles. The van der Waals surface area contributed by atoms with Gasteiger partial charge in [0.1, 0.15) is 0 Å². The summed E-state index contributed by atoms with van der Waals surface area (Å²) in [5.74, 6) is -0.870. The lowest BCUT2D eigenvalue weighted by Crippen LogP contribution is -2.56. The molecule has 8 nitrogen and oxygen atoms in total. The predicted octanol–water partition coefficient (Wildman–Crippen LogP) is -0.671. The third kappa shape index (κ3) is 4.29. The van der Waals surface area contributed by atoms with Gasteiger partial charge in [0.25, 0.3) is 0 Å². The topological polar surface area (TPSA) is 94.1 Å². The highest BCUT2D eigenvalue weighted by atomic mass is 16.5. The van der Waals surface area contributed by atoms with Crippen molar-refractivity contribution in [3.8, 4) is 0 Å². The molecule has 2 aliphatic rings. The predicted molar refractivity (Wildman–Crippen MR) is 75.7 cm³/mol. The molecular formula is C13H24N4O4. The molecule has 8 heteroatoms. The minimum atomic E-state index is -0.905. The van der Waals surface area contributed by atoms with Crippen LogP contribution in [0.5, 0.6) is 0 Å². The van der Waals surface area contributed by atoms with Crippen LogP contribution in [0.1, 0.15) is 12.8 Å². The molecule has 0 unspecified atom stereocenters. The first-order valence-corrected chi connectivity index (χ1v) is 7.31. The van der Waals surface area contributed by atoms with Gasteiger partial charge in [0.05, 0.1) is 5.41 Å². The molecule has 0 atom stereocenters. The summed E-state index contributed by atoms with van der Waals surface area (Å²) >= 11 is 0. The van der Waals surface area contributed by atoms with Gasteiger partial charge in [-0.05, 0) is 19.9 Å². The quantitative estimate of drug-likeness (QED) is 0.637. The lowest BCUT2D eigenvalue weighted by atomic mass is 9.80. The summed E-state index contributed by atoms with van der Waals surface area (Å²) in [5.41, 5.74) is 1.86. The molecule has 2 amide bonds. The molecule has 21 heavy (non-hydrogen) atoms. The number of carboxylic acids is 1. The monoisotopic (exact) mass is 300 g/mol. The van der Waals surface area contributed by atoms with E-state index in [2.05, 4.69) is 15.6 Å². The van der Waals surface area contributed by atoms with Crippen molar-refractivity contribution in [1.82, 2.24) is 20.7 Å². The standard InChI is InChI=1S/C13H24N4O4/c1-16-4-6-17(7-5-16)15-12(20)14-10-13(11(18)19)2-8-21-9-3-13/h2-10H2,1H3,(H,18,19)(H2,14,15,20). The van der Waals surface area contributed by atoms with E-state index in [4.69, 9.17) is 4.74 Å². The summed E-state index contributed by atoms with van der Waals surface area (Å²) in [6.45, 7) is 4.31. The van der Waals surface area contributed by atoms with E-state index in [0.29, 0.717) is 26.1 Å². The van der Waals surface area contributed by atoms with Crippen LogP contribution in [-0.2, 0) is 9.53 Å². The van der Waals surface area contributed by atoms with Crippen LogP contribution in [0.25, 0.3) is 0 Å². The number of nitrogens with one attached hydrogen (secondary N) is 2. The Balaban J connectivity index is 1.78. The Bertz CT molecular complexity index is 376. The number of carbonyl (C=O) groups is 2. The highest BCUT2D eigenvalue weighted by Crippen LogP contribution is 2.29. The molecule has 0 aliphatic carbocycles. The molecule has 0 radical (unpaired) electrons. The van der Waals surface area contributed by atoms with E-state index in [9.17, 15) is 14.7 Å². The minimum absolute atomic E-state index is 0.130. The molecule has 2 rings (SSSR count). The SMILES string of the molecule is CN1CCN(NC(=O)NCC2(C(=O)O)CCOCC2)CC1. The average molecular weight is 300 g/mol. The molecule has 0 saturated carbocycles. The van der Waals surface area contributed by atoms with Gasteiger partial charge in [0, 0.05) is 45.9 Å². The lowest BCUT2D eigenvalue weighted by molar-refractivity contribution is -0.154. The van der Waals surface area contributed by atoms with Crippen LogP contribution in [0.3, 0.4) is 0 Å². The van der Waals surface area contributed by atoms with Gasteiger partial charge in [0.15, 0.2) is 0 Å². The summed E-state index contributed by atoms with van der Waals surface area (Å²) in [6.07, 6.45) is 0.855. The number of carbonyl (C=O) groups excluding carboxylic acids is 1. The van der Waals surface area contributed by atoms with E-state index in [1.165, 1.54) is 0 Å². The van der Waals surface area contributed by atoms with E-state index < -0.39 is 11.4 Å². The molecule has 0 bridgehead atoms. The maximum atomic E-state index is 11.9. The van der Waals surface area contributed by atoms with E-state index in [0.717, 1.165) is 26.2 Å². The summed E-state index contributed by atoms with van der Waals surface area (Å²) < 4.78 is 5.21. The van der Waals surface area contributed by atoms with Gasteiger partial charge >= 0.3 is 12.0 Å². The number of amides is 2. The maximum absolute atomic E-state index is 11.9. The average Bonchev–Trinajstić information content (AvgIpc) is 2.48. The highest BCUT2D eigenvalue weighted by molar-refractivity contribution is 5.78. The third-order valence-electron chi connectivity index (χ3n) is 4.25. The zero-order chi connectivity index (χ0) is 15.3. The Hall–Kier alpha value is -1.38. The van der Waals surface area contributed by atoms with Crippen LogP contribution in [0.2, 0.25) is 0 Å². The van der Waals surface area contributed by atoms with E-state index in [-0.39, 0.29) is 12.6 Å². The number of urea groups is 1. The number of hydrogen-bond donors (Lipinski definition) is 3. The lowest BCUT2D eigenvalue weighted by Gasteiger charge is -2.34. The van der Waals surface area contributed by atoms with Crippen molar-refractivity contribution in [1.29, 1.82) is 0 Å². The van der Waals surface area contributed by atoms with Crippen molar-refractivity contribution in [2.45, 2.75) is 12.8 Å². The number of likely N-dealkylation sites (N-methyl/N-ethyl adjacent to an activating group) is 1. The van der Waals surface area contributed by atoms with Crippen LogP contribution < -0.4 is 10.7 Å². The van der Waals surface area contributed by atoms with Gasteiger partial charge in [-0.3, -0.25) is 10.2 Å². The molecule has 120 valence electrons. The Morgan fingerprint density at radius 3 is 2.38 bits per heavy atom. The number of ether oxygens (including phenoxy) is 1. The largest absolute Gasteiger partial charge is 0.481 e. The Kier molecular flexibility index (Phi) is 5.38. The van der Waals surface area contributed by atoms with E-state index in [1.54, 1.807) is 0 Å². The second-order valence-corrected chi connectivity index (χ2v) is 5.78. The number of carboxylic acid groups (broad SMARTS) is 1. The van der Waals surface area contributed by atoms with E-state index >= 15 is 0 Å². The minimum Gasteiger partial charge on any atom is -0.481 e. The number of hydrogen-bond acceptors (Lipinski definition) is 5. The van der Waals surface area contributed by atoms with Crippen LogP contribution in [0, 0.1) is 5.41 Å². The smallest absolute Gasteiger partial charge is 0.329 e. The van der Waals surface area contributed by atoms with Crippen molar-refractivity contribution in [2.75, 3.05) is 53.0 Å². The Morgan fingerprint density at radius 1 is 1.19 bits per heavy atom. The number of aliphatic carboxylic acids is 1. The second kappa shape index (κ2) is 7.06. The fraction of sp³-hybridized carbons (Fsp3) is 0.846. The number of rotatable bonds is 4. The maximum Gasteiger partial charge on any atom is 0.329 e. The molecular weight excluding hydrogens is 276 g/mol. The Labute approximate surface area is 124 Å². The van der Waals surface area contributed by atoms with Gasteiger partial charge in [0.2, 0.25) is 0 Å². The number of hydrazine groups is 1. The molecule has 3 N–H and O–H groups in total. The summed E-state index contributed by atoms with van der Waals surface area (Å²) in [7, 11) is 2.04. The third-order valence-corrected chi connectivity index (χ3v) is 4.25. The van der Waals surface area contributed by atoms with Crippen molar-refractivity contribution in [3.63, 3.8) is 0 Å². The second-order valence-electron chi connectivity index (χ2n) is 5.78. The van der Waals surface area contributed by atoms with Crippen molar-refractivity contribution in [3.05, 3.63) is 0 Å². The first-order valence-electron chi connectivity index (χ1n) is 7.31. The van der Waals surface area contributed by atoms with Gasteiger partial charge in [-0.2, -0.15) is 0 Å². The fourth-order valence-electron chi connectivity index (χ4n) is 2.58. The number of piperazine rings is 1. The molecule has 2 saturated heterocycles. The zero-order valence-corrected chi connectivity index (χ0v) is 12.4. The van der Waals surface area contributed by atoms with Crippen LogP contribution in [0.15, 0.2) is 0 Å². The van der Waals surface area contributed by atoms with Gasteiger partial charge in [-0.15, -0.1) is 0 Å². The number of nitrogens with zero attached hydrogens (tertiary/aromatic N) is 2. The van der Waals surface area contributed by atoms with Gasteiger partial charge in [-0.1, -0.05) is 0 Å². The van der Waals surface area contributed by atoms with Crippen LogP contribution in [-0.4, -0.2) is 80.0 Å². The fourth-order valence-corrected chi connectivity index (χ4v) is 2.58. The van der Waals surface area contributed by atoms with Crippen LogP contribution >= 0.6 is 0 Å². The molecule has 2 aliphatic heterocycles. The van der Waals surface area contributed by atoms with Crippen molar-refractivity contribution >= 4 is 12.0 Å². The van der Waals surface area contributed by atoms with Gasteiger partial charge in [-0.25, -0.2) is 9.80 Å². The molecule has 0 aromatic carbocycles. The summed E-state index contributed by atoms with van der Waals surface area (Å²) in [4.78, 5) is 25.6. The Morgan fingerprint density at radius 2 is 1.81 bits per heavy atom. The first-order chi connectivity index (χ1) is 10.0. The van der Waals surface area contributed by atoms with Crippen molar-refractivity contribution in [2.24, 2.45) is 5.41 Å². The first kappa shape index (κ1) is 16.0. The van der Waals surface area contributed by atoms with Crippen LogP contribution in [0.4, 0.5) is 4.79 Å². The highest BCUT2D eigenvalue weighted by Gasteiger charge is 2.40. The van der Waals surface area contributed by atoms with Crippen molar-refractivity contribution < 1.29 is 19.4 Å². The molecule has 0 spiro atoms. The molecule has 0 aromatic rings. The zero-order valence-electron chi connectivity index (χ0n) is 12.4. The normalized spacial score (nSPS) is 23.5. The summed E-state index contributed by atoms with van der Waals surface area (Å²) in [6, 6.07) is -0.341. The van der Waals surface area contributed by atoms with Gasteiger partial charge < -0.3 is 20.1 Å². The molecule has 2 fully saturated rings. The summed E-state index contributed by atoms with van der Waals surface area (Å²) in [5, 5.41) is 14.0.